The highest BCUT2D eigenvalue weighted by Gasteiger charge is 2.17. The number of hydrogen-bond acceptors (Lipinski definition) is 5. The summed E-state index contributed by atoms with van der Waals surface area (Å²) in [5.41, 5.74) is 12.0. The van der Waals surface area contributed by atoms with E-state index in [-0.39, 0.29) is 30.4 Å². The van der Waals surface area contributed by atoms with Crippen LogP contribution in [-0.4, -0.2) is 30.4 Å². The predicted octanol–water partition coefficient (Wildman–Crippen LogP) is 6.34. The zero-order valence-corrected chi connectivity index (χ0v) is 20.1. The number of unbranched alkanes of at least 4 members (excludes halogenated alkanes) is 14. The van der Waals surface area contributed by atoms with E-state index in [9.17, 15) is 4.91 Å². The Kier molecular flexibility index (Phi) is 22.1. The second-order valence-corrected chi connectivity index (χ2v) is 8.86. The minimum atomic E-state index is -0.129. The number of hydrogen-bond donors (Lipinski definition) is 2. The fourth-order valence-electron chi connectivity index (χ4n) is 3.60. The highest BCUT2D eigenvalue weighted by molar-refractivity contribution is 4.60. The molecule has 0 radical (unpaired) electrons. The highest BCUT2D eigenvalue weighted by atomic mass is 17.0. The van der Waals surface area contributed by atoms with Gasteiger partial charge in [-0.3, -0.25) is 0 Å². The SMILES string of the molecule is CCCCCCCCCCC(N)CO[N+](=O)OCC(N)CCCCCCCCCC. The first-order chi connectivity index (χ1) is 14.6. The van der Waals surface area contributed by atoms with Crippen molar-refractivity contribution in [2.24, 2.45) is 11.5 Å². The van der Waals surface area contributed by atoms with Crippen molar-refractivity contribution in [3.05, 3.63) is 4.91 Å². The molecular weight excluding hydrogens is 378 g/mol. The van der Waals surface area contributed by atoms with E-state index in [0.717, 1.165) is 25.7 Å². The summed E-state index contributed by atoms with van der Waals surface area (Å²) >= 11 is 0. The summed E-state index contributed by atoms with van der Waals surface area (Å²) in [5, 5.41) is 0.182. The lowest BCUT2D eigenvalue weighted by Gasteiger charge is -2.09. The molecule has 0 aliphatic heterocycles. The van der Waals surface area contributed by atoms with Crippen LogP contribution in [0.5, 0.6) is 0 Å². The molecule has 0 heterocycles. The van der Waals surface area contributed by atoms with Gasteiger partial charge < -0.3 is 11.5 Å². The van der Waals surface area contributed by atoms with Crippen LogP contribution in [0.4, 0.5) is 0 Å². The second-order valence-electron chi connectivity index (χ2n) is 8.86. The van der Waals surface area contributed by atoms with Crippen molar-refractivity contribution in [2.45, 2.75) is 142 Å². The number of nitrogens with zero attached hydrogens (tertiary/aromatic N) is 1. The molecule has 6 heteroatoms. The van der Waals surface area contributed by atoms with Crippen molar-refractivity contribution >= 4 is 0 Å². The molecule has 2 unspecified atom stereocenters. The summed E-state index contributed by atoms with van der Waals surface area (Å²) in [6.07, 6.45) is 22.1. The van der Waals surface area contributed by atoms with Crippen molar-refractivity contribution < 1.29 is 14.8 Å². The van der Waals surface area contributed by atoms with Gasteiger partial charge in [-0.2, -0.15) is 9.68 Å². The zero-order chi connectivity index (χ0) is 22.3. The van der Waals surface area contributed by atoms with Crippen molar-refractivity contribution in [3.63, 3.8) is 0 Å². The Morgan fingerprint density at radius 3 is 1.20 bits per heavy atom. The van der Waals surface area contributed by atoms with Crippen LogP contribution in [0.2, 0.25) is 0 Å². The van der Waals surface area contributed by atoms with Gasteiger partial charge in [0, 0.05) is 12.1 Å². The number of rotatable bonds is 24. The van der Waals surface area contributed by atoms with Crippen molar-refractivity contribution in [1.29, 1.82) is 0 Å². The Morgan fingerprint density at radius 1 is 0.567 bits per heavy atom. The summed E-state index contributed by atoms with van der Waals surface area (Å²) in [7, 11) is 0. The first kappa shape index (κ1) is 29.1. The van der Waals surface area contributed by atoms with Crippen LogP contribution >= 0.6 is 0 Å². The van der Waals surface area contributed by atoms with Crippen molar-refractivity contribution in [3.8, 4) is 0 Å². The summed E-state index contributed by atoms with van der Waals surface area (Å²) in [6, 6.07) is -0.257. The lowest BCUT2D eigenvalue weighted by molar-refractivity contribution is -0.981. The molecule has 0 aromatic rings. The predicted molar refractivity (Wildman–Crippen MR) is 126 cm³/mol. The van der Waals surface area contributed by atoms with Gasteiger partial charge in [-0.25, -0.2) is 0 Å². The molecule has 0 amide bonds. The first-order valence-corrected chi connectivity index (χ1v) is 12.8. The Hall–Kier alpha value is -0.880. The third kappa shape index (κ3) is 21.8. The van der Waals surface area contributed by atoms with Crippen LogP contribution in [0.15, 0.2) is 0 Å². The molecule has 0 aliphatic rings. The average molecular weight is 431 g/mol. The van der Waals surface area contributed by atoms with Crippen molar-refractivity contribution in [1.82, 2.24) is 0 Å². The van der Waals surface area contributed by atoms with E-state index in [4.69, 9.17) is 21.1 Å². The van der Waals surface area contributed by atoms with Gasteiger partial charge in [0.05, 0.1) is 0 Å². The largest absolute Gasteiger partial charge is 0.477 e. The van der Waals surface area contributed by atoms with Gasteiger partial charge in [0.25, 0.3) is 0 Å². The molecule has 6 nitrogen and oxygen atoms in total. The first-order valence-electron chi connectivity index (χ1n) is 12.8. The van der Waals surface area contributed by atoms with Gasteiger partial charge >= 0.3 is 5.09 Å². The molecule has 2 atom stereocenters. The van der Waals surface area contributed by atoms with E-state index in [0.29, 0.717) is 0 Å². The quantitative estimate of drug-likeness (QED) is 0.138. The molecule has 0 fully saturated rings. The van der Waals surface area contributed by atoms with E-state index in [1.807, 2.05) is 0 Å². The van der Waals surface area contributed by atoms with Crippen LogP contribution in [0, 0.1) is 4.91 Å². The second kappa shape index (κ2) is 22.8. The van der Waals surface area contributed by atoms with E-state index in [1.54, 1.807) is 0 Å². The molecular formula is C24H52N3O3+. The maximum absolute atomic E-state index is 11.6. The molecule has 0 aromatic carbocycles. The van der Waals surface area contributed by atoms with E-state index in [1.165, 1.54) is 89.9 Å². The lowest BCUT2D eigenvalue weighted by Crippen LogP contribution is -2.31. The molecule has 0 aliphatic carbocycles. The molecule has 0 spiro atoms. The zero-order valence-electron chi connectivity index (χ0n) is 20.1. The Labute approximate surface area is 186 Å². The van der Waals surface area contributed by atoms with Gasteiger partial charge in [-0.15, -0.1) is 0 Å². The molecule has 0 aromatic heterocycles. The average Bonchev–Trinajstić information content (AvgIpc) is 2.74. The molecule has 4 N–H and O–H groups in total. The Morgan fingerprint density at radius 2 is 0.867 bits per heavy atom. The third-order valence-corrected chi connectivity index (χ3v) is 5.64. The number of nitrogens with two attached hydrogens (primary N) is 2. The van der Waals surface area contributed by atoms with Crippen LogP contribution in [0.1, 0.15) is 129 Å². The van der Waals surface area contributed by atoms with Crippen LogP contribution in [-0.2, 0) is 9.68 Å². The van der Waals surface area contributed by atoms with Gasteiger partial charge in [-0.05, 0) is 12.8 Å². The molecule has 0 saturated carbocycles. The molecule has 0 saturated heterocycles. The molecule has 0 rings (SSSR count). The van der Waals surface area contributed by atoms with Gasteiger partial charge in [0.2, 0.25) is 0 Å². The van der Waals surface area contributed by atoms with Crippen molar-refractivity contribution in [2.75, 3.05) is 13.2 Å². The standard InChI is InChI=1S/C24H52N3O3/c1-3-5-7-9-11-13-15-17-19-23(25)21-29-27(28)30-22-24(26)20-18-16-14-12-10-8-6-4-2/h23-24H,3-22,25-26H2,1-2H3/q+1. The molecule has 0 bridgehead atoms. The van der Waals surface area contributed by atoms with Crippen LogP contribution in [0.3, 0.4) is 0 Å². The fourth-order valence-corrected chi connectivity index (χ4v) is 3.60. The van der Waals surface area contributed by atoms with E-state index < -0.39 is 0 Å². The van der Waals surface area contributed by atoms with E-state index in [2.05, 4.69) is 13.8 Å². The smallest absolute Gasteiger partial charge is 0.325 e. The molecule has 180 valence electrons. The van der Waals surface area contributed by atoms with Crippen LogP contribution < -0.4 is 11.5 Å². The highest BCUT2D eigenvalue weighted by Crippen LogP contribution is 2.11. The minimum Gasteiger partial charge on any atom is -0.325 e. The summed E-state index contributed by atoms with van der Waals surface area (Å²) in [6.45, 7) is 4.86. The minimum absolute atomic E-state index is 0.129. The monoisotopic (exact) mass is 430 g/mol. The van der Waals surface area contributed by atoms with Gasteiger partial charge in [0.1, 0.15) is 4.91 Å². The maximum atomic E-state index is 11.6. The van der Waals surface area contributed by atoms with Gasteiger partial charge in [0.15, 0.2) is 13.2 Å². The van der Waals surface area contributed by atoms with E-state index >= 15 is 0 Å². The summed E-state index contributed by atoms with van der Waals surface area (Å²) in [4.78, 5) is 21.7. The lowest BCUT2D eigenvalue weighted by atomic mass is 10.1. The third-order valence-electron chi connectivity index (χ3n) is 5.64. The Bertz CT molecular complexity index is 338. The fraction of sp³-hybridized carbons (Fsp3) is 1.00. The normalized spacial score (nSPS) is 13.2. The maximum Gasteiger partial charge on any atom is 0.477 e. The summed E-state index contributed by atoms with van der Waals surface area (Å²) in [5.74, 6) is 0. The summed E-state index contributed by atoms with van der Waals surface area (Å²) < 4.78 is 0. The molecule has 30 heavy (non-hydrogen) atoms. The Balaban J connectivity index is 3.45. The van der Waals surface area contributed by atoms with Crippen LogP contribution in [0.25, 0.3) is 0 Å². The van der Waals surface area contributed by atoms with Gasteiger partial charge in [-0.1, -0.05) is 117 Å². The topological polar surface area (TPSA) is 90.6 Å².